The normalized spacial score (nSPS) is 21.4. The average molecular weight is 394 g/mol. The maximum absolute atomic E-state index is 13.2. The Morgan fingerprint density at radius 2 is 1.86 bits per heavy atom. The van der Waals surface area contributed by atoms with E-state index in [1.165, 1.54) is 0 Å². The highest BCUT2D eigenvalue weighted by Crippen LogP contribution is 2.41. The van der Waals surface area contributed by atoms with E-state index < -0.39 is 17.7 Å². The Labute approximate surface area is 170 Å². The lowest BCUT2D eigenvalue weighted by atomic mass is 9.92. The van der Waals surface area contributed by atoms with Crippen molar-refractivity contribution in [2.24, 2.45) is 0 Å². The number of amides is 3. The Morgan fingerprint density at radius 3 is 2.66 bits per heavy atom. The molecule has 1 aliphatic heterocycles. The monoisotopic (exact) mass is 394 g/mol. The first kappa shape index (κ1) is 19.5. The summed E-state index contributed by atoms with van der Waals surface area (Å²) >= 11 is 0. The van der Waals surface area contributed by atoms with Crippen LogP contribution in [0.3, 0.4) is 0 Å². The molecule has 2 aliphatic rings. The smallest absolute Gasteiger partial charge is 0.325 e. The molecule has 6 nitrogen and oxygen atoms in total. The highest BCUT2D eigenvalue weighted by Gasteiger charge is 2.55. The number of nitrogens with zero attached hydrogens (tertiary/aromatic N) is 1. The average Bonchev–Trinajstić information content (AvgIpc) is 3.18. The molecule has 1 spiro atoms. The molecular weight excluding hydrogens is 368 g/mol. The molecule has 2 aromatic rings. The molecule has 2 atom stereocenters. The summed E-state index contributed by atoms with van der Waals surface area (Å²) in [6.07, 6.45) is 0.311. The summed E-state index contributed by atoms with van der Waals surface area (Å²) in [6.45, 7) is 5.84. The number of nitrogens with one attached hydrogen (secondary N) is 1. The van der Waals surface area contributed by atoms with Crippen LogP contribution >= 0.6 is 0 Å². The van der Waals surface area contributed by atoms with Gasteiger partial charge in [-0.05, 0) is 61.4 Å². The van der Waals surface area contributed by atoms with E-state index in [0.717, 1.165) is 44.9 Å². The maximum atomic E-state index is 13.2. The number of β-amino-alcohol motifs (C(OH)–C–C–N with tert-alkyl or cyclic N) is 1. The van der Waals surface area contributed by atoms with E-state index in [1.807, 2.05) is 57.2 Å². The molecule has 6 heteroatoms. The number of hydrogen-bond donors (Lipinski definition) is 2. The van der Waals surface area contributed by atoms with Gasteiger partial charge >= 0.3 is 6.03 Å². The van der Waals surface area contributed by atoms with E-state index in [-0.39, 0.29) is 19.1 Å². The van der Waals surface area contributed by atoms with E-state index in [2.05, 4.69) is 5.32 Å². The Morgan fingerprint density at radius 1 is 1.14 bits per heavy atom. The van der Waals surface area contributed by atoms with Gasteiger partial charge in [0.1, 0.15) is 24.0 Å². The largest absolute Gasteiger partial charge is 0.490 e. The zero-order valence-electron chi connectivity index (χ0n) is 17.0. The van der Waals surface area contributed by atoms with Crippen LogP contribution in [0.1, 0.15) is 34.2 Å². The number of carbonyl (C=O) groups excluding carboxylic acids is 2. The fourth-order valence-electron chi connectivity index (χ4n) is 4.35. The van der Waals surface area contributed by atoms with Crippen molar-refractivity contribution in [1.29, 1.82) is 0 Å². The number of aliphatic hydroxyl groups is 1. The third-order valence-electron chi connectivity index (χ3n) is 6.11. The summed E-state index contributed by atoms with van der Waals surface area (Å²) in [4.78, 5) is 26.8. The van der Waals surface area contributed by atoms with Gasteiger partial charge in [-0.2, -0.15) is 0 Å². The second kappa shape index (κ2) is 7.19. The summed E-state index contributed by atoms with van der Waals surface area (Å²) in [6, 6.07) is 11.2. The number of aliphatic hydroxyl groups excluding tert-OH is 1. The molecule has 0 saturated carbocycles. The van der Waals surface area contributed by atoms with Crippen molar-refractivity contribution < 1.29 is 19.4 Å². The van der Waals surface area contributed by atoms with Gasteiger partial charge in [0.15, 0.2) is 0 Å². The van der Waals surface area contributed by atoms with Gasteiger partial charge in [-0.1, -0.05) is 36.4 Å². The molecular formula is C23H26N2O4. The molecule has 0 aromatic heterocycles. The van der Waals surface area contributed by atoms with Crippen molar-refractivity contribution in [2.75, 3.05) is 13.2 Å². The highest BCUT2D eigenvalue weighted by molar-refractivity contribution is 6.08. The van der Waals surface area contributed by atoms with Gasteiger partial charge in [0, 0.05) is 0 Å². The standard InChI is InChI=1S/C23H26N2O4/c1-14-8-9-15(2)20(16(14)3)29-13-18(26)12-25-21(27)23(24-22(25)28)11-10-17-6-4-5-7-19(17)23/h4-9,18,26H,10-13H2,1-3H3,(H,24,28)/t18-,23+/m1/s1. The van der Waals surface area contributed by atoms with Crippen molar-refractivity contribution in [2.45, 2.75) is 45.3 Å². The molecule has 1 aliphatic carbocycles. The van der Waals surface area contributed by atoms with E-state index >= 15 is 0 Å². The van der Waals surface area contributed by atoms with Crippen molar-refractivity contribution in [1.82, 2.24) is 10.2 Å². The number of benzene rings is 2. The zero-order valence-corrected chi connectivity index (χ0v) is 17.0. The number of imide groups is 1. The molecule has 0 unspecified atom stereocenters. The Balaban J connectivity index is 1.46. The minimum atomic E-state index is -1.00. The number of carbonyl (C=O) groups is 2. The number of hydrogen-bond acceptors (Lipinski definition) is 4. The molecule has 2 N–H and O–H groups in total. The number of aryl methyl sites for hydroxylation is 3. The predicted octanol–water partition coefficient (Wildman–Crippen LogP) is 2.75. The predicted molar refractivity (Wildman–Crippen MR) is 109 cm³/mol. The second-order valence-electron chi connectivity index (χ2n) is 8.03. The van der Waals surface area contributed by atoms with Crippen molar-refractivity contribution in [3.63, 3.8) is 0 Å². The lowest BCUT2D eigenvalue weighted by Crippen LogP contribution is -2.43. The minimum absolute atomic E-state index is 0.00573. The first-order valence-electron chi connectivity index (χ1n) is 9.93. The van der Waals surface area contributed by atoms with Gasteiger partial charge in [-0.25, -0.2) is 4.79 Å². The molecule has 0 radical (unpaired) electrons. The summed E-state index contributed by atoms with van der Waals surface area (Å²) in [5, 5.41) is 13.4. The molecule has 1 saturated heterocycles. The number of ether oxygens (including phenoxy) is 1. The highest BCUT2D eigenvalue weighted by atomic mass is 16.5. The molecule has 152 valence electrons. The maximum Gasteiger partial charge on any atom is 0.325 e. The number of rotatable bonds is 5. The van der Waals surface area contributed by atoms with Crippen LogP contribution in [0, 0.1) is 20.8 Å². The zero-order chi connectivity index (χ0) is 20.8. The third kappa shape index (κ3) is 3.17. The Kier molecular flexibility index (Phi) is 4.82. The molecule has 2 aromatic carbocycles. The Hall–Kier alpha value is -2.86. The molecule has 1 heterocycles. The van der Waals surface area contributed by atoms with Crippen LogP contribution in [0.15, 0.2) is 36.4 Å². The van der Waals surface area contributed by atoms with E-state index in [9.17, 15) is 14.7 Å². The van der Waals surface area contributed by atoms with Crippen LogP contribution in [0.25, 0.3) is 0 Å². The molecule has 4 rings (SSSR count). The quantitative estimate of drug-likeness (QED) is 0.765. The lowest BCUT2D eigenvalue weighted by molar-refractivity contribution is -0.132. The van der Waals surface area contributed by atoms with Crippen molar-refractivity contribution >= 4 is 11.9 Å². The molecule has 3 amide bonds. The first-order valence-corrected chi connectivity index (χ1v) is 9.93. The van der Waals surface area contributed by atoms with Gasteiger partial charge in [-0.15, -0.1) is 0 Å². The van der Waals surface area contributed by atoms with E-state index in [4.69, 9.17) is 4.74 Å². The molecule has 29 heavy (non-hydrogen) atoms. The first-order chi connectivity index (χ1) is 13.8. The van der Waals surface area contributed by atoms with Crippen LogP contribution in [-0.4, -0.2) is 41.2 Å². The van der Waals surface area contributed by atoms with Crippen molar-refractivity contribution in [3.8, 4) is 5.75 Å². The number of fused-ring (bicyclic) bond motifs is 2. The third-order valence-corrected chi connectivity index (χ3v) is 6.11. The number of urea groups is 1. The lowest BCUT2D eigenvalue weighted by Gasteiger charge is -2.23. The molecule has 1 fully saturated rings. The van der Waals surface area contributed by atoms with Crippen LogP contribution in [0.4, 0.5) is 4.79 Å². The second-order valence-corrected chi connectivity index (χ2v) is 8.03. The fraction of sp³-hybridized carbons (Fsp3) is 0.391. The van der Waals surface area contributed by atoms with Crippen molar-refractivity contribution in [3.05, 3.63) is 64.2 Å². The van der Waals surface area contributed by atoms with E-state index in [1.54, 1.807) is 0 Å². The van der Waals surface area contributed by atoms with E-state index in [0.29, 0.717) is 6.42 Å². The summed E-state index contributed by atoms with van der Waals surface area (Å²) < 4.78 is 5.84. The van der Waals surface area contributed by atoms with Crippen LogP contribution in [-0.2, 0) is 16.8 Å². The summed E-state index contributed by atoms with van der Waals surface area (Å²) in [5.74, 6) is 0.442. The topological polar surface area (TPSA) is 78.9 Å². The van der Waals surface area contributed by atoms with Gasteiger partial charge in [-0.3, -0.25) is 9.69 Å². The van der Waals surface area contributed by atoms with Gasteiger partial charge in [0.2, 0.25) is 0 Å². The summed E-state index contributed by atoms with van der Waals surface area (Å²) in [7, 11) is 0. The minimum Gasteiger partial charge on any atom is -0.490 e. The van der Waals surface area contributed by atoms with Crippen LogP contribution in [0.2, 0.25) is 0 Å². The van der Waals surface area contributed by atoms with Gasteiger partial charge < -0.3 is 15.2 Å². The van der Waals surface area contributed by atoms with Crippen LogP contribution in [0.5, 0.6) is 5.75 Å². The fourth-order valence-corrected chi connectivity index (χ4v) is 4.35. The van der Waals surface area contributed by atoms with Crippen LogP contribution < -0.4 is 10.1 Å². The Bertz CT molecular complexity index is 987. The molecule has 0 bridgehead atoms. The summed E-state index contributed by atoms with van der Waals surface area (Å²) in [5.41, 5.74) is 4.05. The van der Waals surface area contributed by atoms with Gasteiger partial charge in [0.25, 0.3) is 5.91 Å². The SMILES string of the molecule is Cc1ccc(C)c(OC[C@H](O)CN2C(=O)N[C@]3(CCc4ccccc43)C2=O)c1C. The van der Waals surface area contributed by atoms with Gasteiger partial charge in [0.05, 0.1) is 6.54 Å².